The molecular weight excluding hydrogens is 397 g/mol. The Morgan fingerprint density at radius 1 is 0.903 bits per heavy atom. The summed E-state index contributed by atoms with van der Waals surface area (Å²) < 4.78 is 16.1. The molecule has 0 fully saturated rings. The maximum atomic E-state index is 13.4. The summed E-state index contributed by atoms with van der Waals surface area (Å²) in [6, 6.07) is 20.5. The van der Waals surface area contributed by atoms with Crippen molar-refractivity contribution in [3.8, 4) is 16.9 Å². The topological polar surface area (TPSA) is 85.6 Å². The lowest BCUT2D eigenvalue weighted by molar-refractivity contribution is 0.622. The van der Waals surface area contributed by atoms with E-state index in [4.69, 9.17) is 0 Å². The quantitative estimate of drug-likeness (QED) is 0.491. The zero-order valence-electron chi connectivity index (χ0n) is 16.2. The first-order valence-electron chi connectivity index (χ1n) is 9.57. The predicted molar refractivity (Wildman–Crippen MR) is 115 cm³/mol. The van der Waals surface area contributed by atoms with E-state index in [9.17, 15) is 14.0 Å². The highest BCUT2D eigenvalue weighted by molar-refractivity contribution is 5.93. The highest BCUT2D eigenvalue weighted by Crippen LogP contribution is 2.24. The number of aromatic amines is 1. The number of hydrogen-bond donors (Lipinski definition) is 1. The number of rotatable bonds is 4. The molecule has 8 heteroatoms. The molecule has 1 N–H and O–H groups in total. The minimum absolute atomic E-state index is 0.224. The van der Waals surface area contributed by atoms with Crippen LogP contribution in [0.4, 0.5) is 4.39 Å². The van der Waals surface area contributed by atoms with Crippen LogP contribution in [0.25, 0.3) is 27.7 Å². The van der Waals surface area contributed by atoms with Crippen molar-refractivity contribution in [1.82, 2.24) is 24.5 Å². The van der Waals surface area contributed by atoms with E-state index in [2.05, 4.69) is 15.3 Å². The van der Waals surface area contributed by atoms with Crippen LogP contribution in [-0.4, -0.2) is 24.5 Å². The molecule has 0 aliphatic heterocycles. The van der Waals surface area contributed by atoms with Crippen LogP contribution < -0.4 is 11.2 Å². The average molecular weight is 413 g/mol. The number of halogens is 1. The first-order chi connectivity index (χ1) is 15.1. The number of nitrogens with zero attached hydrogens (tertiary/aromatic N) is 4. The fourth-order valence-electron chi connectivity index (χ4n) is 3.55. The Kier molecular flexibility index (Phi) is 4.51. The molecule has 3 aromatic carbocycles. The SMILES string of the molecule is O=c1[nH]nc(-c2ccc(-n3ncn(Cc4cccc(F)c4)c3=O)cc2)c2ccccc12. The third kappa shape index (κ3) is 3.44. The molecule has 0 spiro atoms. The summed E-state index contributed by atoms with van der Waals surface area (Å²) in [5, 5.41) is 12.2. The zero-order valence-corrected chi connectivity index (χ0v) is 16.2. The number of hydrogen-bond acceptors (Lipinski definition) is 4. The van der Waals surface area contributed by atoms with Gasteiger partial charge in [-0.05, 0) is 35.9 Å². The van der Waals surface area contributed by atoms with Gasteiger partial charge in [0.05, 0.1) is 23.3 Å². The summed E-state index contributed by atoms with van der Waals surface area (Å²) in [4.78, 5) is 24.7. The van der Waals surface area contributed by atoms with Crippen LogP contribution in [0.3, 0.4) is 0 Å². The Morgan fingerprint density at radius 2 is 1.68 bits per heavy atom. The first-order valence-corrected chi connectivity index (χ1v) is 9.57. The summed E-state index contributed by atoms with van der Waals surface area (Å²) in [5.74, 6) is -0.350. The second-order valence-electron chi connectivity index (χ2n) is 7.08. The molecule has 7 nitrogen and oxygen atoms in total. The normalized spacial score (nSPS) is 11.1. The summed E-state index contributed by atoms with van der Waals surface area (Å²) in [6.07, 6.45) is 1.43. The highest BCUT2D eigenvalue weighted by Gasteiger charge is 2.11. The van der Waals surface area contributed by atoms with Gasteiger partial charge in [0.15, 0.2) is 0 Å². The molecule has 0 radical (unpaired) electrons. The van der Waals surface area contributed by atoms with E-state index in [1.807, 2.05) is 24.3 Å². The summed E-state index contributed by atoms with van der Waals surface area (Å²) >= 11 is 0. The first kappa shape index (κ1) is 18.7. The number of aromatic nitrogens is 5. The van der Waals surface area contributed by atoms with Gasteiger partial charge in [-0.3, -0.25) is 9.36 Å². The van der Waals surface area contributed by atoms with Crippen molar-refractivity contribution in [2.75, 3.05) is 0 Å². The molecule has 5 aromatic rings. The Morgan fingerprint density at radius 3 is 2.45 bits per heavy atom. The molecule has 0 saturated heterocycles. The molecule has 152 valence electrons. The van der Waals surface area contributed by atoms with E-state index in [0.29, 0.717) is 22.3 Å². The van der Waals surface area contributed by atoms with Crippen LogP contribution in [0.15, 0.2) is 88.7 Å². The van der Waals surface area contributed by atoms with Crippen LogP contribution >= 0.6 is 0 Å². The van der Waals surface area contributed by atoms with Gasteiger partial charge in [-0.2, -0.15) is 14.9 Å². The lowest BCUT2D eigenvalue weighted by Crippen LogP contribution is -2.24. The summed E-state index contributed by atoms with van der Waals surface area (Å²) in [6.45, 7) is 0.224. The predicted octanol–water partition coefficient (Wildman–Crippen LogP) is 3.12. The van der Waals surface area contributed by atoms with E-state index in [1.54, 1.807) is 36.4 Å². The second-order valence-corrected chi connectivity index (χ2v) is 7.08. The van der Waals surface area contributed by atoms with Gasteiger partial charge in [0.2, 0.25) is 0 Å². The molecule has 2 aromatic heterocycles. The van der Waals surface area contributed by atoms with Crippen molar-refractivity contribution in [3.63, 3.8) is 0 Å². The maximum absolute atomic E-state index is 13.4. The minimum atomic E-state index is -0.350. The van der Waals surface area contributed by atoms with E-state index < -0.39 is 0 Å². The monoisotopic (exact) mass is 413 g/mol. The van der Waals surface area contributed by atoms with Crippen molar-refractivity contribution < 1.29 is 4.39 Å². The van der Waals surface area contributed by atoms with Crippen molar-refractivity contribution in [2.45, 2.75) is 6.54 Å². The molecule has 0 atom stereocenters. The Labute approximate surface area is 175 Å². The molecular formula is C23H16FN5O2. The zero-order chi connectivity index (χ0) is 21.4. The van der Waals surface area contributed by atoms with Crippen molar-refractivity contribution >= 4 is 10.8 Å². The lowest BCUT2D eigenvalue weighted by Gasteiger charge is -2.06. The van der Waals surface area contributed by atoms with Gasteiger partial charge in [-0.1, -0.05) is 42.5 Å². The second kappa shape index (κ2) is 7.49. The largest absolute Gasteiger partial charge is 0.350 e. The van der Waals surface area contributed by atoms with Gasteiger partial charge in [0, 0.05) is 10.9 Å². The summed E-state index contributed by atoms with van der Waals surface area (Å²) in [7, 11) is 0. The van der Waals surface area contributed by atoms with Gasteiger partial charge in [-0.25, -0.2) is 14.3 Å². The molecule has 0 aliphatic carbocycles. The third-order valence-corrected chi connectivity index (χ3v) is 5.06. The molecule has 0 unspecified atom stereocenters. The minimum Gasteiger partial charge on any atom is -0.277 e. The van der Waals surface area contributed by atoms with E-state index >= 15 is 0 Å². The molecule has 0 aliphatic rings. The van der Waals surface area contributed by atoms with Crippen LogP contribution in [0.5, 0.6) is 0 Å². The number of fused-ring (bicyclic) bond motifs is 1. The molecule has 31 heavy (non-hydrogen) atoms. The summed E-state index contributed by atoms with van der Waals surface area (Å²) in [5.41, 5.74) is 2.12. The smallest absolute Gasteiger partial charge is 0.277 e. The van der Waals surface area contributed by atoms with Gasteiger partial charge < -0.3 is 0 Å². The average Bonchev–Trinajstić information content (AvgIpc) is 3.14. The van der Waals surface area contributed by atoms with Gasteiger partial charge >= 0.3 is 5.69 Å². The molecule has 0 amide bonds. The van der Waals surface area contributed by atoms with Gasteiger partial charge in [0.1, 0.15) is 12.1 Å². The maximum Gasteiger partial charge on any atom is 0.350 e. The Bertz CT molecular complexity index is 1520. The van der Waals surface area contributed by atoms with E-state index in [-0.39, 0.29) is 23.6 Å². The molecule has 5 rings (SSSR count). The van der Waals surface area contributed by atoms with E-state index in [1.165, 1.54) is 27.7 Å². The Balaban J connectivity index is 1.48. The lowest BCUT2D eigenvalue weighted by atomic mass is 10.0. The Hall–Kier alpha value is -4.33. The van der Waals surface area contributed by atoms with Crippen LogP contribution in [-0.2, 0) is 6.54 Å². The van der Waals surface area contributed by atoms with Crippen LogP contribution in [0.1, 0.15) is 5.56 Å². The van der Waals surface area contributed by atoms with Crippen LogP contribution in [0.2, 0.25) is 0 Å². The number of benzene rings is 3. The van der Waals surface area contributed by atoms with Crippen LogP contribution in [0, 0.1) is 5.82 Å². The molecule has 0 bridgehead atoms. The van der Waals surface area contributed by atoms with E-state index in [0.717, 1.165) is 10.9 Å². The fraction of sp³-hybridized carbons (Fsp3) is 0.0435. The van der Waals surface area contributed by atoms with Crippen molar-refractivity contribution in [1.29, 1.82) is 0 Å². The highest BCUT2D eigenvalue weighted by atomic mass is 19.1. The van der Waals surface area contributed by atoms with Gasteiger partial charge in [0.25, 0.3) is 5.56 Å². The number of nitrogens with one attached hydrogen (secondary N) is 1. The third-order valence-electron chi connectivity index (χ3n) is 5.06. The van der Waals surface area contributed by atoms with Gasteiger partial charge in [-0.15, -0.1) is 0 Å². The molecule has 0 saturated carbocycles. The van der Waals surface area contributed by atoms with Crippen molar-refractivity contribution in [3.05, 3.63) is 111 Å². The fourth-order valence-corrected chi connectivity index (χ4v) is 3.55. The van der Waals surface area contributed by atoms with Crippen molar-refractivity contribution in [2.24, 2.45) is 0 Å². The number of H-pyrrole nitrogens is 1. The molecule has 2 heterocycles. The standard InChI is InChI=1S/C23H16FN5O2/c24-17-5-3-4-15(12-17)13-28-14-25-29(23(28)31)18-10-8-16(9-11-18)21-19-6-1-2-7-20(19)22(30)27-26-21/h1-12,14H,13H2,(H,27,30).